The first-order chi connectivity index (χ1) is 14.0. The Balaban J connectivity index is 2.19. The number of rotatable bonds is 8. The fourth-order valence-electron chi connectivity index (χ4n) is 3.25. The average molecular weight is 439 g/mol. The summed E-state index contributed by atoms with van der Waals surface area (Å²) in [7, 11) is -3.86. The summed E-state index contributed by atoms with van der Waals surface area (Å²) in [5.74, 6) is -1.72. The Hall–Kier alpha value is -2.39. The Labute approximate surface area is 178 Å². The second-order valence-electron chi connectivity index (χ2n) is 7.62. The minimum Gasteiger partial charge on any atom is -0.462 e. The molecular weight excluding hydrogens is 408 g/mol. The number of aryl methyl sites for hydroxylation is 1. The van der Waals surface area contributed by atoms with Crippen molar-refractivity contribution < 1.29 is 37.1 Å². The largest absolute Gasteiger partial charge is 0.705 e. The van der Waals surface area contributed by atoms with Gasteiger partial charge >= 0.3 is 8.80 Å². The molecule has 9 heteroatoms. The maximum Gasteiger partial charge on any atom is 0.705 e. The molecule has 0 spiro atoms. The molecule has 0 radical (unpaired) electrons. The highest BCUT2D eigenvalue weighted by atomic mass is 28.4. The van der Waals surface area contributed by atoms with Crippen LogP contribution >= 0.6 is 0 Å². The van der Waals surface area contributed by atoms with Gasteiger partial charge in [0.1, 0.15) is 5.75 Å². The molecule has 8 nitrogen and oxygen atoms in total. The Morgan fingerprint density at radius 2 is 1.67 bits per heavy atom. The van der Waals surface area contributed by atoms with Crippen molar-refractivity contribution in [2.24, 2.45) is 5.92 Å². The van der Waals surface area contributed by atoms with E-state index in [2.05, 4.69) is 13.8 Å². The Bertz CT molecular complexity index is 767. The molecule has 0 saturated carbocycles. The fourth-order valence-corrected chi connectivity index (χ4v) is 5.59. The molecule has 0 aromatic heterocycles. The van der Waals surface area contributed by atoms with Gasteiger partial charge in [0.05, 0.1) is 12.7 Å². The highest BCUT2D eigenvalue weighted by Gasteiger charge is 2.51. The molecule has 1 aliphatic heterocycles. The third-order valence-corrected chi connectivity index (χ3v) is 7.73. The van der Waals surface area contributed by atoms with Crippen LogP contribution in [0, 0.1) is 5.92 Å². The summed E-state index contributed by atoms with van der Waals surface area (Å²) in [5, 5.41) is 0. The summed E-state index contributed by atoms with van der Waals surface area (Å²) >= 11 is 0. The molecule has 1 heterocycles. The molecule has 1 aromatic rings. The van der Waals surface area contributed by atoms with Gasteiger partial charge in [0.2, 0.25) is 5.79 Å². The number of carbonyl (C=O) groups is 3. The van der Waals surface area contributed by atoms with Gasteiger partial charge in [-0.25, -0.2) is 0 Å². The minimum atomic E-state index is -3.86. The molecule has 0 amide bonds. The molecule has 0 aliphatic carbocycles. The van der Waals surface area contributed by atoms with Crippen LogP contribution in [0.1, 0.15) is 59.1 Å². The highest BCUT2D eigenvalue weighted by molar-refractivity contribution is 6.65. The lowest BCUT2D eigenvalue weighted by atomic mass is 9.97. The molecular formula is C21H30O8Si. The van der Waals surface area contributed by atoms with Gasteiger partial charge in [-0.3, -0.25) is 14.4 Å². The van der Waals surface area contributed by atoms with Crippen LogP contribution in [0.3, 0.4) is 0 Å². The van der Waals surface area contributed by atoms with Gasteiger partial charge in [0, 0.05) is 39.2 Å². The Kier molecular flexibility index (Phi) is 7.65. The van der Waals surface area contributed by atoms with Crippen molar-refractivity contribution in [3.8, 4) is 5.75 Å². The number of carbonyl (C=O) groups excluding carboxylic acids is 3. The SMILES string of the molecule is CCC(C)C1(C)OCc2cc(CC[Si](OC(C)=O)(OC(C)=O)OC(C)=O)ccc2O1. The maximum absolute atomic E-state index is 11.6. The van der Waals surface area contributed by atoms with Crippen molar-refractivity contribution in [2.45, 2.75) is 72.8 Å². The molecule has 30 heavy (non-hydrogen) atoms. The third kappa shape index (κ3) is 6.05. The standard InChI is InChI=1S/C21H30O8Si/c1-7-14(2)21(6)25-13-19-12-18(8-9-20(19)26-21)10-11-30(27-15(3)22,28-16(4)23)29-17(5)24/h8-9,12,14H,7,10-11,13H2,1-6H3. The first-order valence-electron chi connectivity index (χ1n) is 10.0. The number of fused-ring (bicyclic) bond motifs is 1. The van der Waals surface area contributed by atoms with Crippen molar-refractivity contribution >= 4 is 26.7 Å². The molecule has 2 unspecified atom stereocenters. The van der Waals surface area contributed by atoms with Crippen LogP contribution in [0.5, 0.6) is 5.75 Å². The Morgan fingerprint density at radius 3 is 2.17 bits per heavy atom. The van der Waals surface area contributed by atoms with Gasteiger partial charge in [-0.1, -0.05) is 19.9 Å². The zero-order chi connectivity index (χ0) is 22.5. The summed E-state index contributed by atoms with van der Waals surface area (Å²) in [4.78, 5) is 34.7. The van der Waals surface area contributed by atoms with Gasteiger partial charge in [0.25, 0.3) is 17.9 Å². The smallest absolute Gasteiger partial charge is 0.462 e. The lowest BCUT2D eigenvalue weighted by Crippen LogP contribution is -2.49. The van der Waals surface area contributed by atoms with Crippen LogP contribution in [0.4, 0.5) is 0 Å². The van der Waals surface area contributed by atoms with Crippen LogP contribution in [0.15, 0.2) is 18.2 Å². The molecule has 0 bridgehead atoms. The minimum absolute atomic E-state index is 0.0802. The normalized spacial score (nSPS) is 19.1. The molecule has 2 rings (SSSR count). The van der Waals surface area contributed by atoms with E-state index in [0.717, 1.165) is 23.3 Å². The lowest BCUT2D eigenvalue weighted by molar-refractivity contribution is -0.223. The lowest BCUT2D eigenvalue weighted by Gasteiger charge is -2.39. The predicted molar refractivity (Wildman–Crippen MR) is 109 cm³/mol. The number of hydrogen-bond acceptors (Lipinski definition) is 8. The van der Waals surface area contributed by atoms with Crippen LogP contribution in [-0.2, 0) is 45.4 Å². The monoisotopic (exact) mass is 438 g/mol. The summed E-state index contributed by atoms with van der Waals surface area (Å²) in [5.41, 5.74) is 1.78. The molecule has 0 saturated heterocycles. The number of ether oxygens (including phenoxy) is 2. The first kappa shape index (κ1) is 23.9. The van der Waals surface area contributed by atoms with E-state index in [-0.39, 0.29) is 12.0 Å². The molecule has 1 aromatic carbocycles. The second kappa shape index (κ2) is 9.61. The van der Waals surface area contributed by atoms with Gasteiger partial charge in [-0.2, -0.15) is 0 Å². The molecule has 0 N–H and O–H groups in total. The first-order valence-corrected chi connectivity index (χ1v) is 12.0. The van der Waals surface area contributed by atoms with Gasteiger partial charge in [0.15, 0.2) is 0 Å². The van der Waals surface area contributed by atoms with Gasteiger partial charge in [-0.15, -0.1) is 0 Å². The van der Waals surface area contributed by atoms with Gasteiger partial charge < -0.3 is 22.8 Å². The fraction of sp³-hybridized carbons (Fsp3) is 0.571. The zero-order valence-electron chi connectivity index (χ0n) is 18.4. The van der Waals surface area contributed by atoms with Gasteiger partial charge in [-0.05, 0) is 30.5 Å². The highest BCUT2D eigenvalue weighted by Crippen LogP contribution is 2.37. The van der Waals surface area contributed by atoms with Crippen molar-refractivity contribution in [3.05, 3.63) is 29.3 Å². The summed E-state index contributed by atoms with van der Waals surface area (Å²) in [6.07, 6.45) is 1.30. The average Bonchev–Trinajstić information content (AvgIpc) is 2.64. The van der Waals surface area contributed by atoms with Crippen LogP contribution < -0.4 is 4.74 Å². The zero-order valence-corrected chi connectivity index (χ0v) is 19.4. The van der Waals surface area contributed by atoms with Crippen molar-refractivity contribution in [1.29, 1.82) is 0 Å². The maximum atomic E-state index is 11.6. The molecule has 166 valence electrons. The van der Waals surface area contributed by atoms with E-state index in [1.54, 1.807) is 0 Å². The van der Waals surface area contributed by atoms with E-state index in [1.807, 2.05) is 25.1 Å². The molecule has 2 atom stereocenters. The topological polar surface area (TPSA) is 97.4 Å². The molecule has 1 aliphatic rings. The Morgan fingerprint density at radius 1 is 1.10 bits per heavy atom. The van der Waals surface area contributed by atoms with Crippen LogP contribution in [0.25, 0.3) is 0 Å². The quantitative estimate of drug-likeness (QED) is 0.569. The van der Waals surface area contributed by atoms with E-state index in [1.165, 1.54) is 20.8 Å². The van der Waals surface area contributed by atoms with E-state index in [9.17, 15) is 14.4 Å². The number of benzene rings is 1. The third-order valence-electron chi connectivity index (χ3n) is 5.08. The summed E-state index contributed by atoms with van der Waals surface area (Å²) < 4.78 is 27.8. The van der Waals surface area contributed by atoms with Crippen LogP contribution in [-0.4, -0.2) is 32.5 Å². The van der Waals surface area contributed by atoms with Crippen molar-refractivity contribution in [2.75, 3.05) is 0 Å². The predicted octanol–water partition coefficient (Wildman–Crippen LogP) is 3.53. The van der Waals surface area contributed by atoms with E-state index < -0.39 is 32.5 Å². The number of hydrogen-bond donors (Lipinski definition) is 0. The van der Waals surface area contributed by atoms with Crippen molar-refractivity contribution in [3.63, 3.8) is 0 Å². The van der Waals surface area contributed by atoms with E-state index in [0.29, 0.717) is 13.0 Å². The van der Waals surface area contributed by atoms with E-state index >= 15 is 0 Å². The summed E-state index contributed by atoms with van der Waals surface area (Å²) in [6, 6.07) is 5.77. The van der Waals surface area contributed by atoms with Crippen LogP contribution in [0.2, 0.25) is 6.04 Å². The van der Waals surface area contributed by atoms with Crippen molar-refractivity contribution in [1.82, 2.24) is 0 Å². The second-order valence-corrected chi connectivity index (χ2v) is 10.1. The molecule has 0 fully saturated rings. The van der Waals surface area contributed by atoms with E-state index in [4.69, 9.17) is 22.8 Å². The summed E-state index contributed by atoms with van der Waals surface area (Å²) in [6.45, 7) is 10.1.